The maximum Gasteiger partial charge on any atom is 0.200 e. The summed E-state index contributed by atoms with van der Waals surface area (Å²) in [5.41, 5.74) is 9.23. The molecular formula is C16H19Br2Cl2N3. The first-order chi connectivity index (χ1) is 10.0. The fourth-order valence-electron chi connectivity index (χ4n) is 1.89. The maximum absolute atomic E-state index is 6.13. The first kappa shape index (κ1) is 22.2. The third-order valence-electron chi connectivity index (χ3n) is 3.19. The van der Waals surface area contributed by atoms with Crippen LogP contribution < -0.4 is 10.6 Å². The number of hydrogen-bond donors (Lipinski definition) is 1. The van der Waals surface area contributed by atoms with E-state index in [2.05, 4.69) is 55.9 Å². The highest BCUT2D eigenvalue weighted by molar-refractivity contribution is 9.11. The smallest absolute Gasteiger partial charge is 0.200 e. The number of guanidine groups is 1. The highest BCUT2D eigenvalue weighted by Crippen LogP contribution is 2.29. The summed E-state index contributed by atoms with van der Waals surface area (Å²) in [5, 5.41) is 0. The Balaban J connectivity index is 0.00000242. The van der Waals surface area contributed by atoms with E-state index in [0.717, 1.165) is 26.7 Å². The second-order valence-corrected chi connectivity index (χ2v) is 6.42. The molecule has 0 heterocycles. The van der Waals surface area contributed by atoms with E-state index in [1.165, 1.54) is 5.56 Å². The van der Waals surface area contributed by atoms with Crippen LogP contribution in [0.4, 0.5) is 11.4 Å². The SMILES string of the molecule is CCc1cccc(N(C)C(N)=Nc2cc(Br)ccc2Br)c1.Cl.Cl. The Hall–Kier alpha value is -0.750. The van der Waals surface area contributed by atoms with Crippen molar-refractivity contribution >= 4 is 74.0 Å². The molecule has 126 valence electrons. The van der Waals surface area contributed by atoms with Crippen LogP contribution in [0.5, 0.6) is 0 Å². The minimum atomic E-state index is 0. The molecule has 0 fully saturated rings. The molecule has 0 radical (unpaired) electrons. The van der Waals surface area contributed by atoms with Crippen LogP contribution in [0.2, 0.25) is 0 Å². The second kappa shape index (κ2) is 10.2. The number of nitrogens with zero attached hydrogens (tertiary/aromatic N) is 2. The summed E-state index contributed by atoms with van der Waals surface area (Å²) in [5.74, 6) is 0.446. The van der Waals surface area contributed by atoms with Gasteiger partial charge < -0.3 is 10.6 Å². The van der Waals surface area contributed by atoms with Crippen LogP contribution in [-0.4, -0.2) is 13.0 Å². The Kier molecular flexibility index (Phi) is 9.85. The molecule has 0 aromatic heterocycles. The van der Waals surface area contributed by atoms with Crippen molar-refractivity contribution in [1.29, 1.82) is 0 Å². The molecule has 0 bridgehead atoms. The molecule has 0 amide bonds. The number of aliphatic imine (C=N–C) groups is 1. The number of halogens is 4. The molecule has 2 N–H and O–H groups in total. The van der Waals surface area contributed by atoms with Crippen LogP contribution in [0.25, 0.3) is 0 Å². The molecule has 0 aliphatic rings. The average Bonchev–Trinajstić information content (AvgIpc) is 2.50. The van der Waals surface area contributed by atoms with Gasteiger partial charge in [-0.05, 0) is 58.2 Å². The van der Waals surface area contributed by atoms with Crippen LogP contribution in [0.1, 0.15) is 12.5 Å². The Bertz CT molecular complexity index is 678. The third kappa shape index (κ3) is 5.99. The average molecular weight is 484 g/mol. The van der Waals surface area contributed by atoms with Crippen LogP contribution in [0.15, 0.2) is 56.4 Å². The molecule has 0 aliphatic carbocycles. The van der Waals surface area contributed by atoms with E-state index in [1.54, 1.807) is 0 Å². The van der Waals surface area contributed by atoms with Gasteiger partial charge in [-0.3, -0.25) is 0 Å². The Labute approximate surface area is 166 Å². The molecule has 0 aliphatic heterocycles. The van der Waals surface area contributed by atoms with Gasteiger partial charge in [-0.15, -0.1) is 24.8 Å². The van der Waals surface area contributed by atoms with E-state index in [-0.39, 0.29) is 24.8 Å². The lowest BCUT2D eigenvalue weighted by Crippen LogP contribution is -2.33. The number of anilines is 1. The fourth-order valence-corrected chi connectivity index (χ4v) is 2.57. The molecular weight excluding hydrogens is 465 g/mol. The highest BCUT2D eigenvalue weighted by atomic mass is 79.9. The van der Waals surface area contributed by atoms with Crippen LogP contribution in [0.3, 0.4) is 0 Å². The summed E-state index contributed by atoms with van der Waals surface area (Å²) in [6, 6.07) is 14.1. The van der Waals surface area contributed by atoms with Gasteiger partial charge in [-0.25, -0.2) is 4.99 Å². The third-order valence-corrected chi connectivity index (χ3v) is 4.36. The number of rotatable bonds is 3. The quantitative estimate of drug-likeness (QED) is 0.449. The van der Waals surface area contributed by atoms with E-state index in [1.807, 2.05) is 42.3 Å². The summed E-state index contributed by atoms with van der Waals surface area (Å²) < 4.78 is 1.87. The first-order valence-corrected chi connectivity index (χ1v) is 8.21. The van der Waals surface area contributed by atoms with Gasteiger partial charge in [0.15, 0.2) is 0 Å². The van der Waals surface area contributed by atoms with Crippen LogP contribution in [0, 0.1) is 0 Å². The monoisotopic (exact) mass is 481 g/mol. The predicted octanol–water partition coefficient (Wildman–Crippen LogP) is 5.70. The zero-order valence-electron chi connectivity index (χ0n) is 12.8. The molecule has 2 aromatic rings. The molecule has 0 saturated heterocycles. The summed E-state index contributed by atoms with van der Waals surface area (Å²) in [4.78, 5) is 6.38. The van der Waals surface area contributed by atoms with E-state index in [0.29, 0.717) is 5.96 Å². The van der Waals surface area contributed by atoms with E-state index < -0.39 is 0 Å². The molecule has 3 nitrogen and oxygen atoms in total. The van der Waals surface area contributed by atoms with Crippen molar-refractivity contribution in [1.82, 2.24) is 0 Å². The summed E-state index contributed by atoms with van der Waals surface area (Å²) in [6.45, 7) is 2.13. The van der Waals surface area contributed by atoms with Gasteiger partial charge in [0, 0.05) is 21.7 Å². The molecule has 0 unspecified atom stereocenters. The van der Waals surface area contributed by atoms with E-state index >= 15 is 0 Å². The fraction of sp³-hybridized carbons (Fsp3) is 0.188. The normalized spacial score (nSPS) is 10.5. The van der Waals surface area contributed by atoms with Gasteiger partial charge in [0.2, 0.25) is 5.96 Å². The second-order valence-electron chi connectivity index (χ2n) is 4.65. The van der Waals surface area contributed by atoms with Crippen molar-refractivity contribution in [2.45, 2.75) is 13.3 Å². The van der Waals surface area contributed by atoms with Gasteiger partial charge in [0.05, 0.1) is 5.69 Å². The van der Waals surface area contributed by atoms with Gasteiger partial charge in [0.25, 0.3) is 0 Å². The summed E-state index contributed by atoms with van der Waals surface area (Å²) in [7, 11) is 1.92. The maximum atomic E-state index is 6.13. The van der Waals surface area contributed by atoms with Crippen LogP contribution in [-0.2, 0) is 6.42 Å². The Morgan fingerprint density at radius 1 is 1.13 bits per heavy atom. The topological polar surface area (TPSA) is 41.6 Å². The van der Waals surface area contributed by atoms with Crippen molar-refractivity contribution in [3.8, 4) is 0 Å². The number of nitrogens with two attached hydrogens (primary N) is 1. The van der Waals surface area contributed by atoms with Crippen molar-refractivity contribution in [2.24, 2.45) is 10.7 Å². The predicted molar refractivity (Wildman–Crippen MR) is 112 cm³/mol. The largest absolute Gasteiger partial charge is 0.369 e. The zero-order valence-corrected chi connectivity index (χ0v) is 17.6. The number of benzene rings is 2. The number of hydrogen-bond acceptors (Lipinski definition) is 1. The van der Waals surface area contributed by atoms with Crippen LogP contribution >= 0.6 is 56.7 Å². The standard InChI is InChI=1S/C16H17Br2N3.2ClH/c1-3-11-5-4-6-13(9-11)21(2)16(19)20-15-10-12(17)7-8-14(15)18;;/h4-10H,3H2,1-2H3,(H2,19,20);2*1H. The summed E-state index contributed by atoms with van der Waals surface area (Å²) in [6.07, 6.45) is 0.996. The molecule has 0 atom stereocenters. The van der Waals surface area contributed by atoms with Gasteiger partial charge in [-0.2, -0.15) is 0 Å². The van der Waals surface area contributed by atoms with Crippen molar-refractivity contribution in [2.75, 3.05) is 11.9 Å². The van der Waals surface area contributed by atoms with Gasteiger partial charge in [-0.1, -0.05) is 35.0 Å². The molecule has 0 spiro atoms. The van der Waals surface area contributed by atoms with Crippen molar-refractivity contribution in [3.63, 3.8) is 0 Å². The van der Waals surface area contributed by atoms with E-state index in [9.17, 15) is 0 Å². The zero-order chi connectivity index (χ0) is 15.4. The van der Waals surface area contributed by atoms with Gasteiger partial charge >= 0.3 is 0 Å². The lowest BCUT2D eigenvalue weighted by Gasteiger charge is -2.19. The molecule has 2 rings (SSSR count). The lowest BCUT2D eigenvalue weighted by molar-refractivity contribution is 1.13. The van der Waals surface area contributed by atoms with Gasteiger partial charge in [0.1, 0.15) is 0 Å². The minimum Gasteiger partial charge on any atom is -0.369 e. The molecule has 2 aromatic carbocycles. The van der Waals surface area contributed by atoms with E-state index in [4.69, 9.17) is 5.73 Å². The molecule has 0 saturated carbocycles. The van der Waals surface area contributed by atoms with Crippen molar-refractivity contribution < 1.29 is 0 Å². The first-order valence-electron chi connectivity index (χ1n) is 6.63. The van der Waals surface area contributed by atoms with Crippen molar-refractivity contribution in [3.05, 3.63) is 57.0 Å². The highest BCUT2D eigenvalue weighted by Gasteiger charge is 2.07. The summed E-state index contributed by atoms with van der Waals surface area (Å²) >= 11 is 6.93. The molecule has 23 heavy (non-hydrogen) atoms. The minimum absolute atomic E-state index is 0. The molecule has 7 heteroatoms. The number of aryl methyl sites for hydroxylation is 1. The Morgan fingerprint density at radius 3 is 2.48 bits per heavy atom. The lowest BCUT2D eigenvalue weighted by atomic mass is 10.1. The Morgan fingerprint density at radius 2 is 1.83 bits per heavy atom.